The van der Waals surface area contributed by atoms with Crippen molar-refractivity contribution in [1.29, 1.82) is 0 Å². The molecule has 0 N–H and O–H groups in total. The Morgan fingerprint density at radius 2 is 1.83 bits per heavy atom. The maximum absolute atomic E-state index is 5.79. The van der Waals surface area contributed by atoms with Gasteiger partial charge in [0.1, 0.15) is 11.5 Å². The van der Waals surface area contributed by atoms with Gasteiger partial charge in [-0.05, 0) is 55.3 Å². The third-order valence-corrected chi connectivity index (χ3v) is 5.08. The van der Waals surface area contributed by atoms with Gasteiger partial charge in [-0.2, -0.15) is 4.98 Å². The quantitative estimate of drug-likeness (QED) is 0.375. The van der Waals surface area contributed by atoms with Crippen LogP contribution in [0.1, 0.15) is 22.9 Å². The Balaban J connectivity index is 1.32. The van der Waals surface area contributed by atoms with Gasteiger partial charge in [0.25, 0.3) is 11.1 Å². The molecule has 0 saturated heterocycles. The number of nitrogens with zero attached hydrogens (tertiary/aromatic N) is 4. The molecule has 4 rings (SSSR count). The monoisotopic (exact) mass is 424 g/mol. The van der Waals surface area contributed by atoms with E-state index in [-0.39, 0.29) is 6.61 Å². The van der Waals surface area contributed by atoms with Crippen LogP contribution < -0.4 is 9.47 Å². The van der Waals surface area contributed by atoms with Crippen molar-refractivity contribution in [1.82, 2.24) is 20.3 Å². The molecule has 0 aliphatic heterocycles. The van der Waals surface area contributed by atoms with Crippen molar-refractivity contribution in [3.8, 4) is 22.9 Å². The predicted octanol–water partition coefficient (Wildman–Crippen LogP) is 4.62. The first-order valence-electron chi connectivity index (χ1n) is 9.23. The van der Waals surface area contributed by atoms with Crippen molar-refractivity contribution in [3.63, 3.8) is 0 Å². The van der Waals surface area contributed by atoms with Gasteiger partial charge in [-0.3, -0.25) is 0 Å². The molecule has 30 heavy (non-hydrogen) atoms. The molecule has 0 unspecified atom stereocenters. The number of aromatic nitrogens is 4. The van der Waals surface area contributed by atoms with Gasteiger partial charge in [0.15, 0.2) is 6.61 Å². The van der Waals surface area contributed by atoms with Crippen LogP contribution in [0, 0.1) is 13.8 Å². The number of hydrogen-bond acceptors (Lipinski definition) is 9. The third kappa shape index (κ3) is 4.80. The maximum Gasteiger partial charge on any atom is 0.277 e. The highest BCUT2D eigenvalue weighted by molar-refractivity contribution is 7.98. The second kappa shape index (κ2) is 9.00. The highest BCUT2D eigenvalue weighted by Crippen LogP contribution is 2.25. The third-order valence-electron chi connectivity index (χ3n) is 4.28. The summed E-state index contributed by atoms with van der Waals surface area (Å²) in [6.07, 6.45) is 0. The average molecular weight is 424 g/mol. The Labute approximate surface area is 177 Å². The van der Waals surface area contributed by atoms with Crippen LogP contribution in [0.2, 0.25) is 0 Å². The van der Waals surface area contributed by atoms with Gasteiger partial charge in [-0.15, -0.1) is 10.2 Å². The van der Waals surface area contributed by atoms with Crippen LogP contribution >= 0.6 is 11.8 Å². The Morgan fingerprint density at radius 3 is 2.63 bits per heavy atom. The Morgan fingerprint density at radius 1 is 1.00 bits per heavy atom. The maximum atomic E-state index is 5.79. The molecule has 0 fully saturated rings. The summed E-state index contributed by atoms with van der Waals surface area (Å²) in [5.41, 5.74) is 3.03. The van der Waals surface area contributed by atoms with Gasteiger partial charge < -0.3 is 18.4 Å². The van der Waals surface area contributed by atoms with Crippen molar-refractivity contribution in [2.45, 2.75) is 31.4 Å². The number of benzene rings is 2. The predicted molar refractivity (Wildman–Crippen MR) is 110 cm³/mol. The van der Waals surface area contributed by atoms with E-state index in [9.17, 15) is 0 Å². The van der Waals surface area contributed by atoms with E-state index in [0.29, 0.717) is 28.6 Å². The number of aryl methyl sites for hydroxylation is 2. The van der Waals surface area contributed by atoms with E-state index < -0.39 is 0 Å². The Kier molecular flexibility index (Phi) is 5.99. The lowest BCUT2D eigenvalue weighted by Crippen LogP contribution is -1.97. The molecule has 0 radical (unpaired) electrons. The Hall–Kier alpha value is -3.33. The summed E-state index contributed by atoms with van der Waals surface area (Å²) in [6.45, 7) is 4.22. The van der Waals surface area contributed by atoms with E-state index in [1.165, 1.54) is 11.8 Å². The molecule has 2 aromatic heterocycles. The van der Waals surface area contributed by atoms with Crippen LogP contribution in [0.5, 0.6) is 11.5 Å². The minimum absolute atomic E-state index is 0.208. The largest absolute Gasteiger partial charge is 0.497 e. The number of methoxy groups -OCH3 is 1. The van der Waals surface area contributed by atoms with E-state index in [0.717, 1.165) is 28.2 Å². The summed E-state index contributed by atoms with van der Waals surface area (Å²) >= 11 is 1.32. The summed E-state index contributed by atoms with van der Waals surface area (Å²) in [7, 11) is 1.62. The minimum atomic E-state index is 0.208. The van der Waals surface area contributed by atoms with Crippen molar-refractivity contribution >= 4 is 11.8 Å². The number of hydrogen-bond donors (Lipinski definition) is 0. The van der Waals surface area contributed by atoms with Crippen LogP contribution in [-0.2, 0) is 12.4 Å². The van der Waals surface area contributed by atoms with Crippen LogP contribution in [0.15, 0.2) is 56.6 Å². The van der Waals surface area contributed by atoms with E-state index in [4.69, 9.17) is 18.4 Å². The van der Waals surface area contributed by atoms with Crippen molar-refractivity contribution in [2.75, 3.05) is 7.11 Å². The molecule has 0 aliphatic rings. The molecule has 2 heterocycles. The first-order valence-corrected chi connectivity index (χ1v) is 10.2. The van der Waals surface area contributed by atoms with E-state index in [1.54, 1.807) is 7.11 Å². The van der Waals surface area contributed by atoms with Gasteiger partial charge in [0.05, 0.1) is 12.9 Å². The number of rotatable bonds is 8. The molecule has 154 valence electrons. The highest BCUT2D eigenvalue weighted by atomic mass is 32.2. The fourth-order valence-electron chi connectivity index (χ4n) is 2.65. The molecule has 0 atom stereocenters. The van der Waals surface area contributed by atoms with Crippen molar-refractivity contribution < 1.29 is 18.4 Å². The lowest BCUT2D eigenvalue weighted by Gasteiger charge is -2.07. The highest BCUT2D eigenvalue weighted by Gasteiger charge is 2.13. The summed E-state index contributed by atoms with van der Waals surface area (Å²) in [5, 5.41) is 12.5. The van der Waals surface area contributed by atoms with Crippen molar-refractivity contribution in [2.24, 2.45) is 0 Å². The Bertz CT molecular complexity index is 1120. The summed E-state index contributed by atoms with van der Waals surface area (Å²) in [4.78, 5) is 4.40. The van der Waals surface area contributed by atoms with Gasteiger partial charge in [0.2, 0.25) is 11.7 Å². The normalized spacial score (nSPS) is 10.9. The molecular weight excluding hydrogens is 404 g/mol. The molecule has 0 spiro atoms. The molecule has 8 nitrogen and oxygen atoms in total. The molecule has 0 aliphatic carbocycles. The van der Waals surface area contributed by atoms with Crippen LogP contribution in [0.25, 0.3) is 11.4 Å². The molecular formula is C21H20N4O4S. The van der Waals surface area contributed by atoms with Gasteiger partial charge in [0, 0.05) is 5.56 Å². The first kappa shape index (κ1) is 20.0. The van der Waals surface area contributed by atoms with Gasteiger partial charge in [-0.1, -0.05) is 29.1 Å². The second-order valence-electron chi connectivity index (χ2n) is 6.55. The summed E-state index contributed by atoms with van der Waals surface area (Å²) in [5.74, 6) is 3.38. The topological polar surface area (TPSA) is 96.3 Å². The molecule has 0 bridgehead atoms. The second-order valence-corrected chi connectivity index (χ2v) is 7.47. The average Bonchev–Trinajstić information content (AvgIpc) is 3.42. The smallest absolute Gasteiger partial charge is 0.277 e. The number of thioether (sulfide) groups is 1. The molecule has 0 saturated carbocycles. The van der Waals surface area contributed by atoms with Gasteiger partial charge in [-0.25, -0.2) is 0 Å². The molecule has 0 amide bonds. The van der Waals surface area contributed by atoms with Gasteiger partial charge >= 0.3 is 0 Å². The van der Waals surface area contributed by atoms with Crippen LogP contribution in [0.4, 0.5) is 0 Å². The summed E-state index contributed by atoms with van der Waals surface area (Å²) < 4.78 is 21.9. The molecule has 2 aromatic carbocycles. The molecule has 4 aromatic rings. The lowest BCUT2D eigenvalue weighted by atomic mass is 10.1. The SMILES string of the molecule is COc1ccc(-c2noc(CSc3nnc(COc4cc(C)ccc4C)o3)n2)cc1. The van der Waals surface area contributed by atoms with Crippen molar-refractivity contribution in [3.05, 3.63) is 65.4 Å². The van der Waals surface area contributed by atoms with Crippen LogP contribution in [-0.4, -0.2) is 27.4 Å². The van der Waals surface area contributed by atoms with E-state index >= 15 is 0 Å². The lowest BCUT2D eigenvalue weighted by molar-refractivity contribution is 0.250. The minimum Gasteiger partial charge on any atom is -0.497 e. The summed E-state index contributed by atoms with van der Waals surface area (Å²) in [6, 6.07) is 13.5. The fourth-order valence-corrected chi connectivity index (χ4v) is 3.27. The van der Waals surface area contributed by atoms with Crippen LogP contribution in [0.3, 0.4) is 0 Å². The fraction of sp³-hybridized carbons (Fsp3) is 0.238. The van der Waals surface area contributed by atoms with E-state index in [2.05, 4.69) is 20.3 Å². The standard InChI is InChI=1S/C21H20N4O4S/c1-13-4-5-14(2)17(10-13)27-11-18-23-24-21(28-18)30-12-19-22-20(25-29-19)15-6-8-16(26-3)9-7-15/h4-10H,11-12H2,1-3H3. The zero-order valence-corrected chi connectivity index (χ0v) is 17.6. The first-order chi connectivity index (χ1) is 14.6. The molecule has 9 heteroatoms. The zero-order valence-electron chi connectivity index (χ0n) is 16.8. The van der Waals surface area contributed by atoms with E-state index in [1.807, 2.05) is 56.3 Å². The zero-order chi connectivity index (χ0) is 20.9. The number of ether oxygens (including phenoxy) is 2.